The number of nitrogens with one attached hydrogen (secondary N) is 1. The lowest BCUT2D eigenvalue weighted by atomic mass is 9.80. The number of anilines is 1. The van der Waals surface area contributed by atoms with Crippen LogP contribution in [0.1, 0.15) is 11.3 Å². The van der Waals surface area contributed by atoms with E-state index in [1.165, 1.54) is 12.1 Å². The van der Waals surface area contributed by atoms with Gasteiger partial charge in [-0.3, -0.25) is 0 Å². The van der Waals surface area contributed by atoms with Crippen molar-refractivity contribution in [3.63, 3.8) is 0 Å². The molecule has 10 heteroatoms. The highest BCUT2D eigenvalue weighted by molar-refractivity contribution is 6.58. The molecule has 1 aromatic carbocycles. The standard InChI is InChI=1S/C11H9BF4N2O3/c13-8-3-7(12(19)20)2-1-6(8)5-17-10-4-9(21-18-10)11(14,15)16/h1-4,19-20H,5H2,(H,17,18). The second kappa shape index (κ2) is 5.74. The van der Waals surface area contributed by atoms with Crippen LogP contribution in [0.3, 0.4) is 0 Å². The molecule has 2 rings (SSSR count). The van der Waals surface area contributed by atoms with Crippen LogP contribution in [0.15, 0.2) is 28.8 Å². The van der Waals surface area contributed by atoms with E-state index in [-0.39, 0.29) is 23.4 Å². The highest BCUT2D eigenvalue weighted by Crippen LogP contribution is 2.30. The van der Waals surface area contributed by atoms with Gasteiger partial charge in [-0.25, -0.2) is 4.39 Å². The van der Waals surface area contributed by atoms with Crippen LogP contribution in [0.2, 0.25) is 0 Å². The van der Waals surface area contributed by atoms with Gasteiger partial charge in [0.15, 0.2) is 5.82 Å². The molecule has 0 radical (unpaired) electrons. The summed E-state index contributed by atoms with van der Waals surface area (Å²) in [7, 11) is -1.80. The smallest absolute Gasteiger partial charge is 0.423 e. The fourth-order valence-corrected chi connectivity index (χ4v) is 1.55. The van der Waals surface area contributed by atoms with Crippen molar-refractivity contribution in [2.45, 2.75) is 12.7 Å². The zero-order chi connectivity index (χ0) is 15.6. The topological polar surface area (TPSA) is 78.5 Å². The van der Waals surface area contributed by atoms with Crippen LogP contribution in [-0.2, 0) is 12.7 Å². The van der Waals surface area contributed by atoms with E-state index in [2.05, 4.69) is 15.0 Å². The number of hydrogen-bond donors (Lipinski definition) is 3. The molecular weight excluding hydrogens is 295 g/mol. The Kier molecular flexibility index (Phi) is 4.19. The Morgan fingerprint density at radius 1 is 1.24 bits per heavy atom. The Labute approximate surface area is 116 Å². The third-order valence-electron chi connectivity index (χ3n) is 2.62. The lowest BCUT2D eigenvalue weighted by Crippen LogP contribution is -2.30. The van der Waals surface area contributed by atoms with Crippen LogP contribution in [0.5, 0.6) is 0 Å². The average Bonchev–Trinajstić information content (AvgIpc) is 2.85. The molecule has 1 aromatic heterocycles. The predicted molar refractivity (Wildman–Crippen MR) is 65.1 cm³/mol. The van der Waals surface area contributed by atoms with Crippen molar-refractivity contribution in [1.82, 2.24) is 5.16 Å². The van der Waals surface area contributed by atoms with Crippen molar-refractivity contribution in [2.75, 3.05) is 5.32 Å². The first kappa shape index (κ1) is 15.3. The minimum Gasteiger partial charge on any atom is -0.423 e. The first-order valence-corrected chi connectivity index (χ1v) is 5.69. The second-order valence-electron chi connectivity index (χ2n) is 4.15. The summed E-state index contributed by atoms with van der Waals surface area (Å²) < 4.78 is 54.6. The first-order valence-electron chi connectivity index (χ1n) is 5.69. The van der Waals surface area contributed by atoms with E-state index in [1.807, 2.05) is 0 Å². The molecule has 0 amide bonds. The van der Waals surface area contributed by atoms with Crippen LogP contribution in [0.4, 0.5) is 23.4 Å². The van der Waals surface area contributed by atoms with E-state index < -0.39 is 24.9 Å². The van der Waals surface area contributed by atoms with E-state index in [9.17, 15) is 17.6 Å². The van der Waals surface area contributed by atoms with E-state index >= 15 is 0 Å². The van der Waals surface area contributed by atoms with Gasteiger partial charge in [-0.15, -0.1) is 0 Å². The molecule has 0 bridgehead atoms. The SMILES string of the molecule is OB(O)c1ccc(CNc2cc(C(F)(F)F)on2)c(F)c1. The molecule has 2 aromatic rings. The van der Waals surface area contributed by atoms with Gasteiger partial charge in [0.2, 0.25) is 5.76 Å². The summed E-state index contributed by atoms with van der Waals surface area (Å²) in [5, 5.41) is 23.4. The molecule has 0 aliphatic rings. The quantitative estimate of drug-likeness (QED) is 0.583. The fourth-order valence-electron chi connectivity index (χ4n) is 1.55. The number of nitrogens with zero attached hydrogens (tertiary/aromatic N) is 1. The molecule has 112 valence electrons. The third kappa shape index (κ3) is 3.73. The number of aromatic nitrogens is 1. The number of halogens is 4. The van der Waals surface area contributed by atoms with Crippen LogP contribution >= 0.6 is 0 Å². The van der Waals surface area contributed by atoms with Crippen molar-refractivity contribution in [2.24, 2.45) is 0 Å². The van der Waals surface area contributed by atoms with Crippen molar-refractivity contribution in [3.05, 3.63) is 41.4 Å². The summed E-state index contributed by atoms with van der Waals surface area (Å²) in [5.74, 6) is -2.18. The summed E-state index contributed by atoms with van der Waals surface area (Å²) in [5.41, 5.74) is 0.0907. The Morgan fingerprint density at radius 2 is 1.95 bits per heavy atom. The summed E-state index contributed by atoms with van der Waals surface area (Å²) in [6.45, 7) is -0.141. The monoisotopic (exact) mass is 304 g/mol. The zero-order valence-electron chi connectivity index (χ0n) is 10.4. The van der Waals surface area contributed by atoms with E-state index in [1.54, 1.807) is 0 Å². The molecule has 0 saturated carbocycles. The molecule has 0 spiro atoms. The van der Waals surface area contributed by atoms with Gasteiger partial charge >= 0.3 is 13.3 Å². The maximum atomic E-state index is 13.6. The largest absolute Gasteiger partial charge is 0.488 e. The molecule has 21 heavy (non-hydrogen) atoms. The van der Waals surface area contributed by atoms with E-state index in [0.29, 0.717) is 6.07 Å². The molecule has 0 atom stereocenters. The first-order chi connectivity index (χ1) is 9.77. The van der Waals surface area contributed by atoms with Crippen LogP contribution in [0.25, 0.3) is 0 Å². The maximum absolute atomic E-state index is 13.6. The van der Waals surface area contributed by atoms with Crippen molar-refractivity contribution in [3.8, 4) is 0 Å². The van der Waals surface area contributed by atoms with Crippen LogP contribution < -0.4 is 10.8 Å². The highest BCUT2D eigenvalue weighted by Gasteiger charge is 2.36. The predicted octanol–water partition coefficient (Wildman–Crippen LogP) is 1.12. The normalized spacial score (nSPS) is 11.5. The minimum absolute atomic E-state index is 0.0305. The van der Waals surface area contributed by atoms with Crippen molar-refractivity contribution in [1.29, 1.82) is 0 Å². The Bertz CT molecular complexity index is 630. The molecule has 0 fully saturated rings. The average molecular weight is 304 g/mol. The van der Waals surface area contributed by atoms with Gasteiger partial charge in [0.05, 0.1) is 0 Å². The van der Waals surface area contributed by atoms with E-state index in [0.717, 1.165) is 6.07 Å². The fraction of sp³-hybridized carbons (Fsp3) is 0.182. The van der Waals surface area contributed by atoms with Gasteiger partial charge in [-0.05, 0) is 11.5 Å². The van der Waals surface area contributed by atoms with Gasteiger partial charge < -0.3 is 19.9 Å². The summed E-state index contributed by atoms with van der Waals surface area (Å²) in [6, 6.07) is 4.14. The lowest BCUT2D eigenvalue weighted by Gasteiger charge is -2.06. The summed E-state index contributed by atoms with van der Waals surface area (Å²) in [4.78, 5) is 0. The Hall–Kier alpha value is -2.07. The molecule has 0 aliphatic carbocycles. The second-order valence-corrected chi connectivity index (χ2v) is 4.15. The van der Waals surface area contributed by atoms with E-state index in [4.69, 9.17) is 10.0 Å². The number of hydrogen-bond acceptors (Lipinski definition) is 5. The highest BCUT2D eigenvalue weighted by atomic mass is 19.4. The zero-order valence-corrected chi connectivity index (χ0v) is 10.4. The third-order valence-corrected chi connectivity index (χ3v) is 2.62. The molecule has 1 heterocycles. The molecule has 3 N–H and O–H groups in total. The summed E-state index contributed by atoms with van der Waals surface area (Å²) in [6.07, 6.45) is -4.64. The number of alkyl halides is 3. The summed E-state index contributed by atoms with van der Waals surface area (Å²) >= 11 is 0. The number of rotatable bonds is 4. The molecular formula is C11H9BF4N2O3. The van der Waals surface area contributed by atoms with Gasteiger partial charge in [0, 0.05) is 18.2 Å². The molecule has 0 saturated heterocycles. The van der Waals surface area contributed by atoms with Crippen molar-refractivity contribution < 1.29 is 32.1 Å². The Balaban J connectivity index is 2.05. The van der Waals surface area contributed by atoms with Crippen LogP contribution in [0, 0.1) is 5.82 Å². The van der Waals surface area contributed by atoms with Gasteiger partial charge in [-0.1, -0.05) is 17.3 Å². The maximum Gasteiger partial charge on any atom is 0.488 e. The minimum atomic E-state index is -4.64. The Morgan fingerprint density at radius 3 is 2.48 bits per heavy atom. The molecule has 5 nitrogen and oxygen atoms in total. The molecule has 0 aliphatic heterocycles. The van der Waals surface area contributed by atoms with Gasteiger partial charge in [0.1, 0.15) is 5.82 Å². The lowest BCUT2D eigenvalue weighted by molar-refractivity contribution is -0.155. The van der Waals surface area contributed by atoms with Gasteiger partial charge in [-0.2, -0.15) is 13.2 Å². The van der Waals surface area contributed by atoms with Crippen molar-refractivity contribution >= 4 is 18.4 Å². The van der Waals surface area contributed by atoms with Crippen LogP contribution in [-0.4, -0.2) is 22.3 Å². The molecule has 0 unspecified atom stereocenters. The number of benzene rings is 1. The van der Waals surface area contributed by atoms with Gasteiger partial charge in [0.25, 0.3) is 0 Å².